The molecule has 0 amide bonds. The molecule has 3 nitrogen and oxygen atoms in total. The minimum Gasteiger partial charge on any atom is -0.493 e. The highest BCUT2D eigenvalue weighted by Crippen LogP contribution is 2.18. The smallest absolute Gasteiger partial charge is 0.119 e. The van der Waals surface area contributed by atoms with Crippen LogP contribution in [0.4, 0.5) is 0 Å². The van der Waals surface area contributed by atoms with Crippen LogP contribution in [0.15, 0.2) is 24.3 Å². The van der Waals surface area contributed by atoms with Crippen LogP contribution in [0.1, 0.15) is 31.9 Å². The molecule has 0 saturated heterocycles. The van der Waals surface area contributed by atoms with Crippen molar-refractivity contribution in [3.05, 3.63) is 29.8 Å². The fourth-order valence-corrected chi connectivity index (χ4v) is 1.36. The van der Waals surface area contributed by atoms with Crippen LogP contribution in [-0.2, 0) is 4.74 Å². The second-order valence-electron chi connectivity index (χ2n) is 3.65. The molecule has 0 aromatic heterocycles. The Morgan fingerprint density at radius 2 is 2.12 bits per heavy atom. The molecule has 0 bridgehead atoms. The molecule has 0 heterocycles. The van der Waals surface area contributed by atoms with Gasteiger partial charge in [-0.1, -0.05) is 12.1 Å². The third-order valence-electron chi connectivity index (χ3n) is 2.25. The molecule has 0 radical (unpaired) electrons. The molecule has 1 aromatic rings. The molecule has 1 rings (SSSR count). The van der Waals surface area contributed by atoms with Crippen LogP contribution in [0, 0.1) is 0 Å². The van der Waals surface area contributed by atoms with E-state index in [0.29, 0.717) is 6.61 Å². The zero-order valence-corrected chi connectivity index (χ0v) is 9.98. The normalized spacial score (nSPS) is 12.4. The van der Waals surface area contributed by atoms with E-state index >= 15 is 0 Å². The van der Waals surface area contributed by atoms with E-state index in [0.717, 1.165) is 30.9 Å². The lowest BCUT2D eigenvalue weighted by Gasteiger charge is -2.09. The van der Waals surface area contributed by atoms with Gasteiger partial charge in [0.15, 0.2) is 0 Å². The van der Waals surface area contributed by atoms with Gasteiger partial charge in [0, 0.05) is 19.6 Å². The number of rotatable bonds is 7. The SMILES string of the molecule is CCOCCCOc1cccc(C(C)O)c1. The number of aliphatic hydroxyl groups is 1. The Balaban J connectivity index is 2.33. The Kier molecular flexibility index (Phi) is 5.90. The Morgan fingerprint density at radius 1 is 1.31 bits per heavy atom. The fraction of sp³-hybridized carbons (Fsp3) is 0.538. The summed E-state index contributed by atoms with van der Waals surface area (Å²) >= 11 is 0. The van der Waals surface area contributed by atoms with Crippen LogP contribution >= 0.6 is 0 Å². The topological polar surface area (TPSA) is 38.7 Å². The average Bonchev–Trinajstić information content (AvgIpc) is 2.29. The summed E-state index contributed by atoms with van der Waals surface area (Å²) < 4.78 is 10.8. The van der Waals surface area contributed by atoms with Crippen molar-refractivity contribution in [2.24, 2.45) is 0 Å². The van der Waals surface area contributed by atoms with E-state index in [9.17, 15) is 5.11 Å². The van der Waals surface area contributed by atoms with E-state index in [1.165, 1.54) is 0 Å². The second kappa shape index (κ2) is 7.25. The quantitative estimate of drug-likeness (QED) is 0.723. The molecule has 0 spiro atoms. The lowest BCUT2D eigenvalue weighted by Crippen LogP contribution is -2.03. The van der Waals surface area contributed by atoms with E-state index in [1.54, 1.807) is 6.92 Å². The predicted molar refractivity (Wildman–Crippen MR) is 63.7 cm³/mol. The number of hydrogen-bond donors (Lipinski definition) is 1. The van der Waals surface area contributed by atoms with E-state index in [-0.39, 0.29) is 0 Å². The number of ether oxygens (including phenoxy) is 2. The van der Waals surface area contributed by atoms with Crippen LogP contribution in [-0.4, -0.2) is 24.9 Å². The van der Waals surface area contributed by atoms with Gasteiger partial charge in [-0.3, -0.25) is 0 Å². The van der Waals surface area contributed by atoms with Gasteiger partial charge >= 0.3 is 0 Å². The Hall–Kier alpha value is -1.06. The molecule has 3 heteroatoms. The maximum absolute atomic E-state index is 9.41. The minimum absolute atomic E-state index is 0.452. The lowest BCUT2D eigenvalue weighted by molar-refractivity contribution is 0.130. The largest absolute Gasteiger partial charge is 0.493 e. The summed E-state index contributed by atoms with van der Waals surface area (Å²) in [7, 11) is 0. The van der Waals surface area contributed by atoms with E-state index in [2.05, 4.69) is 0 Å². The first-order valence-electron chi connectivity index (χ1n) is 5.72. The highest BCUT2D eigenvalue weighted by atomic mass is 16.5. The number of benzene rings is 1. The van der Waals surface area contributed by atoms with Gasteiger partial charge in [0.2, 0.25) is 0 Å². The molecular formula is C13H20O3. The summed E-state index contributed by atoms with van der Waals surface area (Å²) in [5.41, 5.74) is 0.877. The molecule has 0 fully saturated rings. The second-order valence-corrected chi connectivity index (χ2v) is 3.65. The van der Waals surface area contributed by atoms with Gasteiger partial charge in [-0.15, -0.1) is 0 Å². The summed E-state index contributed by atoms with van der Waals surface area (Å²) in [5, 5.41) is 9.41. The maximum Gasteiger partial charge on any atom is 0.119 e. The summed E-state index contributed by atoms with van der Waals surface area (Å²) in [6.07, 6.45) is 0.430. The van der Waals surface area contributed by atoms with Gasteiger partial charge in [0.05, 0.1) is 12.7 Å². The van der Waals surface area contributed by atoms with Crippen LogP contribution in [0.2, 0.25) is 0 Å². The molecular weight excluding hydrogens is 204 g/mol. The van der Waals surface area contributed by atoms with Crippen molar-refractivity contribution < 1.29 is 14.6 Å². The van der Waals surface area contributed by atoms with Crippen molar-refractivity contribution in [1.82, 2.24) is 0 Å². The Labute approximate surface area is 97.0 Å². The van der Waals surface area contributed by atoms with Crippen molar-refractivity contribution in [3.63, 3.8) is 0 Å². The molecule has 0 aliphatic rings. The van der Waals surface area contributed by atoms with Crippen molar-refractivity contribution in [3.8, 4) is 5.75 Å². The first-order valence-corrected chi connectivity index (χ1v) is 5.72. The standard InChI is InChI=1S/C13H20O3/c1-3-15-8-5-9-16-13-7-4-6-12(10-13)11(2)14/h4,6-7,10-11,14H,3,5,8-9H2,1-2H3. The van der Waals surface area contributed by atoms with Crippen LogP contribution in [0.3, 0.4) is 0 Å². The molecule has 90 valence electrons. The predicted octanol–water partition coefficient (Wildman–Crippen LogP) is 2.55. The molecule has 1 N–H and O–H groups in total. The van der Waals surface area contributed by atoms with Crippen LogP contribution in [0.5, 0.6) is 5.75 Å². The van der Waals surface area contributed by atoms with Gasteiger partial charge in [0.1, 0.15) is 5.75 Å². The zero-order valence-electron chi connectivity index (χ0n) is 9.98. The average molecular weight is 224 g/mol. The molecule has 0 saturated carbocycles. The lowest BCUT2D eigenvalue weighted by atomic mass is 10.1. The van der Waals surface area contributed by atoms with Crippen LogP contribution < -0.4 is 4.74 Å². The summed E-state index contributed by atoms with van der Waals surface area (Å²) in [6, 6.07) is 7.54. The third kappa shape index (κ3) is 4.64. The third-order valence-corrected chi connectivity index (χ3v) is 2.25. The molecule has 0 aliphatic heterocycles. The Morgan fingerprint density at radius 3 is 2.81 bits per heavy atom. The van der Waals surface area contributed by atoms with Gasteiger partial charge in [-0.2, -0.15) is 0 Å². The zero-order chi connectivity index (χ0) is 11.8. The maximum atomic E-state index is 9.41. The molecule has 1 aromatic carbocycles. The summed E-state index contributed by atoms with van der Waals surface area (Å²) in [6.45, 7) is 5.84. The van der Waals surface area contributed by atoms with Gasteiger partial charge in [-0.05, 0) is 31.5 Å². The fourth-order valence-electron chi connectivity index (χ4n) is 1.36. The number of hydrogen-bond acceptors (Lipinski definition) is 3. The van der Waals surface area contributed by atoms with E-state index < -0.39 is 6.10 Å². The molecule has 16 heavy (non-hydrogen) atoms. The first kappa shape index (κ1) is 13.0. The summed E-state index contributed by atoms with van der Waals surface area (Å²) in [5.74, 6) is 0.801. The van der Waals surface area contributed by atoms with Gasteiger partial charge in [-0.25, -0.2) is 0 Å². The number of aliphatic hydroxyl groups excluding tert-OH is 1. The van der Waals surface area contributed by atoms with E-state index in [4.69, 9.17) is 9.47 Å². The van der Waals surface area contributed by atoms with Gasteiger partial charge < -0.3 is 14.6 Å². The van der Waals surface area contributed by atoms with Gasteiger partial charge in [0.25, 0.3) is 0 Å². The molecule has 1 atom stereocenters. The van der Waals surface area contributed by atoms with Crippen molar-refractivity contribution in [2.75, 3.05) is 19.8 Å². The van der Waals surface area contributed by atoms with Crippen molar-refractivity contribution in [2.45, 2.75) is 26.4 Å². The first-order chi connectivity index (χ1) is 7.74. The van der Waals surface area contributed by atoms with E-state index in [1.807, 2.05) is 31.2 Å². The highest BCUT2D eigenvalue weighted by Gasteiger charge is 2.01. The van der Waals surface area contributed by atoms with Crippen LogP contribution in [0.25, 0.3) is 0 Å². The monoisotopic (exact) mass is 224 g/mol. The molecule has 0 aliphatic carbocycles. The van der Waals surface area contributed by atoms with Crippen molar-refractivity contribution in [1.29, 1.82) is 0 Å². The Bertz CT molecular complexity index is 297. The van der Waals surface area contributed by atoms with Crippen molar-refractivity contribution >= 4 is 0 Å². The summed E-state index contributed by atoms with van der Waals surface area (Å²) in [4.78, 5) is 0. The highest BCUT2D eigenvalue weighted by molar-refractivity contribution is 5.29. The minimum atomic E-state index is -0.452. The molecule has 1 unspecified atom stereocenters.